The fraction of sp³-hybridized carbons (Fsp3) is 0.440. The highest BCUT2D eigenvalue weighted by molar-refractivity contribution is 7.93. The molecule has 194 valence electrons. The number of amides is 1. The highest BCUT2D eigenvalue weighted by Gasteiger charge is 2.62. The summed E-state index contributed by atoms with van der Waals surface area (Å²) in [6, 6.07) is 8.17. The predicted molar refractivity (Wildman–Crippen MR) is 135 cm³/mol. The van der Waals surface area contributed by atoms with Crippen molar-refractivity contribution >= 4 is 44.5 Å². The van der Waals surface area contributed by atoms with Crippen molar-refractivity contribution in [2.24, 2.45) is 9.52 Å². The Kier molecular flexibility index (Phi) is 7.48. The van der Waals surface area contributed by atoms with E-state index in [2.05, 4.69) is 9.52 Å². The van der Waals surface area contributed by atoms with Gasteiger partial charge in [0.25, 0.3) is 11.5 Å². The van der Waals surface area contributed by atoms with Crippen LogP contribution in [0.15, 0.2) is 45.9 Å². The van der Waals surface area contributed by atoms with Crippen molar-refractivity contribution in [1.29, 1.82) is 0 Å². The standard InChI is InChI=1S/C25H25Cl2F3N2O3S/c1-15-10-16(8-9-21(15)23(33)32-36(2,34)20-6-4-3-5-7-20)22-14-24(35-31-22,25(28,29)30)17-11-18(26)13-19(27)12-17/h8-13,20H,3-7,14H2,1-2H3. The van der Waals surface area contributed by atoms with Crippen LogP contribution in [0.5, 0.6) is 0 Å². The zero-order valence-electron chi connectivity index (χ0n) is 19.7. The normalized spacial score (nSPS) is 22.5. The van der Waals surface area contributed by atoms with Crippen LogP contribution in [-0.2, 0) is 20.2 Å². The summed E-state index contributed by atoms with van der Waals surface area (Å²) in [6.07, 6.45) is 0.703. The number of benzene rings is 2. The Bertz CT molecular complexity index is 1330. The summed E-state index contributed by atoms with van der Waals surface area (Å²) in [4.78, 5) is 17.9. The van der Waals surface area contributed by atoms with Gasteiger partial charge in [-0.25, -0.2) is 4.21 Å². The van der Waals surface area contributed by atoms with Crippen LogP contribution >= 0.6 is 23.2 Å². The zero-order chi connectivity index (χ0) is 26.3. The number of aryl methyl sites for hydroxylation is 1. The molecule has 2 aliphatic rings. The van der Waals surface area contributed by atoms with E-state index in [0.717, 1.165) is 44.2 Å². The molecule has 11 heteroatoms. The molecule has 1 saturated carbocycles. The molecule has 0 bridgehead atoms. The van der Waals surface area contributed by atoms with Gasteiger partial charge in [0.05, 0.1) is 15.4 Å². The topological polar surface area (TPSA) is 68.1 Å². The second-order valence-electron chi connectivity index (χ2n) is 9.34. The van der Waals surface area contributed by atoms with Gasteiger partial charge in [0.1, 0.15) is 0 Å². The average molecular weight is 561 g/mol. The van der Waals surface area contributed by atoms with Gasteiger partial charge in [-0.15, -0.1) is 0 Å². The van der Waals surface area contributed by atoms with E-state index in [1.165, 1.54) is 24.5 Å². The fourth-order valence-corrected chi connectivity index (χ4v) is 7.03. The van der Waals surface area contributed by atoms with E-state index >= 15 is 0 Å². The average Bonchev–Trinajstić information content (AvgIpc) is 3.26. The van der Waals surface area contributed by atoms with Gasteiger partial charge in [-0.2, -0.15) is 17.5 Å². The monoisotopic (exact) mass is 560 g/mol. The van der Waals surface area contributed by atoms with Gasteiger partial charge in [-0.3, -0.25) is 4.79 Å². The molecule has 5 nitrogen and oxygen atoms in total. The van der Waals surface area contributed by atoms with Crippen LogP contribution in [0.2, 0.25) is 10.0 Å². The van der Waals surface area contributed by atoms with Crippen LogP contribution in [0.3, 0.4) is 0 Å². The molecule has 2 atom stereocenters. The summed E-state index contributed by atoms with van der Waals surface area (Å²) in [5.41, 5.74) is -1.85. The SMILES string of the molecule is Cc1cc(C2=NOC(c3cc(Cl)cc(Cl)c3)(C(F)(F)F)C2)ccc1C(=O)N=S(C)(=O)C1CCCCC1. The first kappa shape index (κ1) is 26.9. The van der Waals surface area contributed by atoms with Crippen molar-refractivity contribution in [1.82, 2.24) is 0 Å². The molecular formula is C25H25Cl2F3N2O3S. The van der Waals surface area contributed by atoms with E-state index in [4.69, 9.17) is 28.0 Å². The van der Waals surface area contributed by atoms with Crippen molar-refractivity contribution in [3.63, 3.8) is 0 Å². The van der Waals surface area contributed by atoms with Crippen LogP contribution in [0.1, 0.15) is 65.6 Å². The summed E-state index contributed by atoms with van der Waals surface area (Å²) in [7, 11) is -2.71. The summed E-state index contributed by atoms with van der Waals surface area (Å²) >= 11 is 11.9. The molecule has 1 fully saturated rings. The van der Waals surface area contributed by atoms with E-state index in [0.29, 0.717) is 11.1 Å². The summed E-state index contributed by atoms with van der Waals surface area (Å²) in [6.45, 7) is 1.65. The molecule has 2 aromatic rings. The number of hydrogen-bond acceptors (Lipinski definition) is 4. The van der Waals surface area contributed by atoms with Crippen molar-refractivity contribution in [3.05, 3.63) is 68.7 Å². The minimum atomic E-state index is -4.81. The Hall–Kier alpha value is -2.10. The fourth-order valence-electron chi connectivity index (χ4n) is 4.72. The number of hydrogen-bond donors (Lipinski definition) is 0. The first-order chi connectivity index (χ1) is 16.8. The second kappa shape index (κ2) is 9.99. The molecule has 36 heavy (non-hydrogen) atoms. The van der Waals surface area contributed by atoms with E-state index in [-0.39, 0.29) is 32.1 Å². The Morgan fingerprint density at radius 2 is 1.75 bits per heavy atom. The van der Waals surface area contributed by atoms with Gasteiger partial charge in [0.2, 0.25) is 0 Å². The van der Waals surface area contributed by atoms with Crippen molar-refractivity contribution in [2.45, 2.75) is 62.5 Å². The van der Waals surface area contributed by atoms with Crippen LogP contribution in [0.25, 0.3) is 0 Å². The van der Waals surface area contributed by atoms with E-state index < -0.39 is 33.8 Å². The smallest absolute Gasteiger partial charge is 0.374 e. The Morgan fingerprint density at radius 3 is 2.33 bits per heavy atom. The van der Waals surface area contributed by atoms with Crippen LogP contribution < -0.4 is 0 Å². The Balaban J connectivity index is 1.61. The van der Waals surface area contributed by atoms with Crippen LogP contribution in [0, 0.1) is 6.92 Å². The largest absolute Gasteiger partial charge is 0.435 e. The van der Waals surface area contributed by atoms with Gasteiger partial charge < -0.3 is 4.84 Å². The molecule has 2 unspecified atom stereocenters. The Labute approximate surface area is 218 Å². The summed E-state index contributed by atoms with van der Waals surface area (Å²) < 4.78 is 59.9. The zero-order valence-corrected chi connectivity index (χ0v) is 22.0. The minimum absolute atomic E-state index is 0.0429. The number of halogens is 5. The van der Waals surface area contributed by atoms with Crippen LogP contribution in [0.4, 0.5) is 13.2 Å². The van der Waals surface area contributed by atoms with E-state index in [1.54, 1.807) is 13.0 Å². The maximum absolute atomic E-state index is 14.2. The van der Waals surface area contributed by atoms with E-state index in [9.17, 15) is 22.2 Å². The van der Waals surface area contributed by atoms with Gasteiger partial charge >= 0.3 is 6.18 Å². The third-order valence-corrected chi connectivity index (χ3v) is 9.41. The third-order valence-electron chi connectivity index (χ3n) is 6.74. The summed E-state index contributed by atoms with van der Waals surface area (Å²) in [5, 5.41) is 3.72. The Morgan fingerprint density at radius 1 is 1.11 bits per heavy atom. The molecule has 1 aliphatic carbocycles. The van der Waals surface area contributed by atoms with Crippen molar-refractivity contribution in [2.75, 3.05) is 6.26 Å². The van der Waals surface area contributed by atoms with Crippen molar-refractivity contribution < 1.29 is 27.0 Å². The molecule has 0 spiro atoms. The highest BCUT2D eigenvalue weighted by atomic mass is 35.5. The maximum Gasteiger partial charge on any atom is 0.435 e. The van der Waals surface area contributed by atoms with Crippen molar-refractivity contribution in [3.8, 4) is 0 Å². The number of nitrogens with zero attached hydrogens (tertiary/aromatic N) is 2. The number of carbonyl (C=O) groups excluding carboxylic acids is 1. The second-order valence-corrected chi connectivity index (χ2v) is 12.8. The number of rotatable bonds is 4. The molecule has 4 rings (SSSR count). The number of alkyl halides is 3. The maximum atomic E-state index is 14.2. The molecule has 0 aromatic heterocycles. The first-order valence-corrected chi connectivity index (χ1v) is 14.2. The van der Waals surface area contributed by atoms with Crippen LogP contribution in [-0.4, -0.2) is 33.5 Å². The third kappa shape index (κ3) is 5.29. The lowest BCUT2D eigenvalue weighted by Crippen LogP contribution is -2.42. The predicted octanol–water partition coefficient (Wildman–Crippen LogP) is 7.45. The molecule has 1 amide bonds. The van der Waals surface area contributed by atoms with Gasteiger partial charge in [-0.1, -0.05) is 53.7 Å². The first-order valence-electron chi connectivity index (χ1n) is 11.5. The molecule has 0 radical (unpaired) electrons. The molecule has 0 N–H and O–H groups in total. The lowest BCUT2D eigenvalue weighted by atomic mass is 9.86. The molecule has 1 heterocycles. The minimum Gasteiger partial charge on any atom is -0.374 e. The van der Waals surface area contributed by atoms with Gasteiger partial charge in [0.15, 0.2) is 0 Å². The summed E-state index contributed by atoms with van der Waals surface area (Å²) in [5.74, 6) is -0.597. The van der Waals surface area contributed by atoms with E-state index in [1.807, 2.05) is 0 Å². The number of carbonyl (C=O) groups is 1. The molecule has 2 aromatic carbocycles. The molecule has 0 saturated heterocycles. The lowest BCUT2D eigenvalue weighted by molar-refractivity contribution is -0.275. The molecule has 1 aliphatic heterocycles. The quantitative estimate of drug-likeness (QED) is 0.389. The molecular weight excluding hydrogens is 536 g/mol. The highest BCUT2D eigenvalue weighted by Crippen LogP contribution is 2.49. The van der Waals surface area contributed by atoms with Gasteiger partial charge in [0, 0.05) is 39.1 Å². The number of oxime groups is 1. The lowest BCUT2D eigenvalue weighted by Gasteiger charge is -2.29. The van der Waals surface area contributed by atoms with Gasteiger partial charge in [-0.05, 0) is 61.2 Å².